The van der Waals surface area contributed by atoms with Gasteiger partial charge in [0.25, 0.3) is 0 Å². The van der Waals surface area contributed by atoms with Crippen molar-refractivity contribution in [3.05, 3.63) is 23.9 Å². The van der Waals surface area contributed by atoms with Crippen LogP contribution in [-0.4, -0.2) is 51.5 Å². The summed E-state index contributed by atoms with van der Waals surface area (Å²) in [4.78, 5) is 31.7. The average molecular weight is 330 g/mol. The Morgan fingerprint density at radius 1 is 1.25 bits per heavy atom. The smallest absolute Gasteiger partial charge is 0.327 e. The van der Waals surface area contributed by atoms with Crippen LogP contribution in [0.1, 0.15) is 31.0 Å². The van der Waals surface area contributed by atoms with Crippen molar-refractivity contribution in [2.24, 2.45) is 17.8 Å². The Morgan fingerprint density at radius 3 is 2.79 bits per heavy atom. The lowest BCUT2D eigenvalue weighted by Crippen LogP contribution is -2.35. The van der Waals surface area contributed by atoms with E-state index in [9.17, 15) is 9.59 Å². The lowest BCUT2D eigenvalue weighted by atomic mass is 9.90. The molecule has 1 aromatic rings. The van der Waals surface area contributed by atoms with E-state index in [0.29, 0.717) is 43.1 Å². The Balaban J connectivity index is 1.29. The summed E-state index contributed by atoms with van der Waals surface area (Å²) in [6, 6.07) is -0.185. The van der Waals surface area contributed by atoms with Gasteiger partial charge >= 0.3 is 6.03 Å². The standard InChI is InChI=1S/C17H22N4O3/c1-11-18-15(24-19-11)5-7-21-16(22)10-20(17(21)23)6-4-14-9-12-2-3-13(14)8-12/h2-3,12-14H,4-10H2,1H3/t12-,13+,14-/m1/s1. The monoisotopic (exact) mass is 330 g/mol. The van der Waals surface area contributed by atoms with Gasteiger partial charge in [-0.15, -0.1) is 0 Å². The molecule has 7 heteroatoms. The molecule has 0 spiro atoms. The van der Waals surface area contributed by atoms with Crippen molar-refractivity contribution < 1.29 is 14.1 Å². The van der Waals surface area contributed by atoms with Gasteiger partial charge in [-0.1, -0.05) is 17.3 Å². The third-order valence-corrected chi connectivity index (χ3v) is 5.43. The number of urea groups is 1. The van der Waals surface area contributed by atoms with Crippen molar-refractivity contribution in [3.8, 4) is 0 Å². The number of aryl methyl sites for hydroxylation is 1. The van der Waals surface area contributed by atoms with Crippen LogP contribution in [-0.2, 0) is 11.2 Å². The minimum absolute atomic E-state index is 0.135. The highest BCUT2D eigenvalue weighted by molar-refractivity contribution is 6.01. The van der Waals surface area contributed by atoms with Gasteiger partial charge in [0.15, 0.2) is 5.82 Å². The largest absolute Gasteiger partial charge is 0.339 e. The van der Waals surface area contributed by atoms with Crippen LogP contribution in [0.15, 0.2) is 16.7 Å². The Kier molecular flexibility index (Phi) is 3.86. The number of amides is 3. The predicted octanol–water partition coefficient (Wildman–Crippen LogP) is 1.79. The van der Waals surface area contributed by atoms with E-state index in [1.54, 1.807) is 11.8 Å². The average Bonchev–Trinajstić information content (AvgIpc) is 3.31. The lowest BCUT2D eigenvalue weighted by molar-refractivity contribution is -0.125. The third kappa shape index (κ3) is 2.83. The fourth-order valence-electron chi connectivity index (χ4n) is 4.19. The number of hydrogen-bond acceptors (Lipinski definition) is 5. The van der Waals surface area contributed by atoms with Crippen molar-refractivity contribution in [1.29, 1.82) is 0 Å². The van der Waals surface area contributed by atoms with Crippen LogP contribution >= 0.6 is 0 Å². The summed E-state index contributed by atoms with van der Waals surface area (Å²) < 4.78 is 5.03. The number of nitrogens with zero attached hydrogens (tertiary/aromatic N) is 4. The van der Waals surface area contributed by atoms with Gasteiger partial charge in [0.05, 0.1) is 0 Å². The lowest BCUT2D eigenvalue weighted by Gasteiger charge is -2.22. The summed E-state index contributed by atoms with van der Waals surface area (Å²) in [5.74, 6) is 2.97. The van der Waals surface area contributed by atoms with E-state index < -0.39 is 0 Å². The molecule has 24 heavy (non-hydrogen) atoms. The quantitative estimate of drug-likeness (QED) is 0.587. The molecule has 2 bridgehead atoms. The molecule has 3 atom stereocenters. The summed E-state index contributed by atoms with van der Waals surface area (Å²) in [6.07, 6.45) is 8.55. The molecule has 0 N–H and O–H groups in total. The van der Waals surface area contributed by atoms with Crippen molar-refractivity contribution in [2.75, 3.05) is 19.6 Å². The second kappa shape index (κ2) is 6.03. The Bertz CT molecular complexity index is 683. The number of carbonyl (C=O) groups excluding carboxylic acids is 2. The fraction of sp³-hybridized carbons (Fsp3) is 0.647. The molecule has 3 amide bonds. The molecule has 128 valence electrons. The molecule has 1 aliphatic heterocycles. The van der Waals surface area contributed by atoms with Gasteiger partial charge in [0.1, 0.15) is 6.54 Å². The van der Waals surface area contributed by atoms with Crippen molar-refractivity contribution in [1.82, 2.24) is 19.9 Å². The summed E-state index contributed by atoms with van der Waals surface area (Å²) in [5, 5.41) is 3.72. The molecule has 1 saturated carbocycles. The fourth-order valence-corrected chi connectivity index (χ4v) is 4.19. The second-order valence-electron chi connectivity index (χ2n) is 7.06. The number of imide groups is 1. The summed E-state index contributed by atoms with van der Waals surface area (Å²) in [7, 11) is 0. The van der Waals surface area contributed by atoms with Gasteiger partial charge in [-0.25, -0.2) is 4.79 Å². The number of carbonyl (C=O) groups is 2. The van der Waals surface area contributed by atoms with Crippen molar-refractivity contribution >= 4 is 11.9 Å². The van der Waals surface area contributed by atoms with E-state index in [1.165, 1.54) is 17.7 Å². The Morgan fingerprint density at radius 2 is 2.12 bits per heavy atom. The maximum Gasteiger partial charge on any atom is 0.327 e. The summed E-state index contributed by atoms with van der Waals surface area (Å²) in [5.41, 5.74) is 0. The zero-order valence-corrected chi connectivity index (χ0v) is 13.9. The Hall–Kier alpha value is -2.18. The Labute approximate surface area is 140 Å². The highest BCUT2D eigenvalue weighted by atomic mass is 16.5. The van der Waals surface area contributed by atoms with Crippen molar-refractivity contribution in [2.45, 2.75) is 32.6 Å². The topological polar surface area (TPSA) is 79.5 Å². The molecule has 2 heterocycles. The van der Waals surface area contributed by atoms with Gasteiger partial charge in [-0.3, -0.25) is 9.69 Å². The zero-order chi connectivity index (χ0) is 16.7. The number of aromatic nitrogens is 2. The number of fused-ring (bicyclic) bond motifs is 2. The van der Waals surface area contributed by atoms with Gasteiger partial charge in [-0.05, 0) is 43.9 Å². The van der Waals surface area contributed by atoms with Crippen LogP contribution in [0, 0.1) is 24.7 Å². The SMILES string of the molecule is Cc1noc(CCN2C(=O)CN(CC[C@@H]3C[C@@H]4C=C[C@H]3C4)C2=O)n1. The number of allylic oxidation sites excluding steroid dienone is 2. The first-order chi connectivity index (χ1) is 11.6. The molecule has 1 aromatic heterocycles. The molecular weight excluding hydrogens is 308 g/mol. The van der Waals surface area contributed by atoms with Crippen LogP contribution in [0.25, 0.3) is 0 Å². The van der Waals surface area contributed by atoms with Gasteiger partial charge < -0.3 is 9.42 Å². The van der Waals surface area contributed by atoms with E-state index in [4.69, 9.17) is 4.52 Å². The minimum atomic E-state index is -0.185. The van der Waals surface area contributed by atoms with Crippen LogP contribution in [0.4, 0.5) is 4.79 Å². The molecule has 7 nitrogen and oxygen atoms in total. The predicted molar refractivity (Wildman–Crippen MR) is 84.9 cm³/mol. The third-order valence-electron chi connectivity index (χ3n) is 5.43. The maximum atomic E-state index is 12.5. The molecule has 0 unspecified atom stereocenters. The highest BCUT2D eigenvalue weighted by Crippen LogP contribution is 2.44. The first-order valence-electron chi connectivity index (χ1n) is 8.67. The van der Waals surface area contributed by atoms with Crippen LogP contribution in [0.3, 0.4) is 0 Å². The van der Waals surface area contributed by atoms with Crippen LogP contribution in [0.5, 0.6) is 0 Å². The molecule has 4 rings (SSSR count). The molecule has 1 saturated heterocycles. The maximum absolute atomic E-state index is 12.5. The van der Waals surface area contributed by atoms with E-state index in [-0.39, 0.29) is 18.5 Å². The minimum Gasteiger partial charge on any atom is -0.339 e. The van der Waals surface area contributed by atoms with E-state index in [0.717, 1.165) is 12.3 Å². The normalized spacial score (nSPS) is 28.6. The molecule has 3 aliphatic rings. The number of hydrogen-bond donors (Lipinski definition) is 0. The first-order valence-corrected chi connectivity index (χ1v) is 8.67. The molecule has 0 radical (unpaired) electrons. The van der Waals surface area contributed by atoms with Crippen molar-refractivity contribution in [3.63, 3.8) is 0 Å². The van der Waals surface area contributed by atoms with Crippen LogP contribution < -0.4 is 0 Å². The van der Waals surface area contributed by atoms with E-state index >= 15 is 0 Å². The van der Waals surface area contributed by atoms with E-state index in [2.05, 4.69) is 22.3 Å². The molecule has 2 fully saturated rings. The zero-order valence-electron chi connectivity index (χ0n) is 13.9. The summed E-state index contributed by atoms with van der Waals surface area (Å²) >= 11 is 0. The second-order valence-corrected chi connectivity index (χ2v) is 7.06. The molecular formula is C17H22N4O3. The van der Waals surface area contributed by atoms with Gasteiger partial charge in [0.2, 0.25) is 11.8 Å². The number of rotatable bonds is 6. The first kappa shape index (κ1) is 15.4. The molecule has 0 aromatic carbocycles. The van der Waals surface area contributed by atoms with Gasteiger partial charge in [-0.2, -0.15) is 4.98 Å². The van der Waals surface area contributed by atoms with E-state index in [1.807, 2.05) is 0 Å². The highest BCUT2D eigenvalue weighted by Gasteiger charge is 2.39. The molecule has 2 aliphatic carbocycles. The van der Waals surface area contributed by atoms with Gasteiger partial charge in [0, 0.05) is 19.5 Å². The summed E-state index contributed by atoms with van der Waals surface area (Å²) in [6.45, 7) is 2.90. The van der Waals surface area contributed by atoms with Crippen LogP contribution in [0.2, 0.25) is 0 Å².